The predicted octanol–water partition coefficient (Wildman–Crippen LogP) is 1.45. The highest BCUT2D eigenvalue weighted by atomic mass is 16.2. The standard InChI is InChI=1S/C17H21N3O3/c1-11(21)18-8-6-16(22)19-14-4-5-15-13(10-14)7-9-20(15)17(23)12-2-3-12/h4-5,10,12H,2-3,6-9H2,1H3,(H,18,21)(H,19,22). The zero-order valence-corrected chi connectivity index (χ0v) is 13.2. The van der Waals surface area contributed by atoms with E-state index in [2.05, 4.69) is 10.6 Å². The molecule has 1 fully saturated rings. The SMILES string of the molecule is CC(=O)NCCC(=O)Nc1ccc2c(c1)CCN2C(=O)C1CC1. The van der Waals surface area contributed by atoms with E-state index in [1.807, 2.05) is 23.1 Å². The summed E-state index contributed by atoms with van der Waals surface area (Å²) in [5, 5.41) is 5.43. The summed E-state index contributed by atoms with van der Waals surface area (Å²) in [5.74, 6) is 0.170. The first kappa shape index (κ1) is 15.5. The smallest absolute Gasteiger partial charge is 0.230 e. The van der Waals surface area contributed by atoms with Gasteiger partial charge in [0, 0.05) is 43.7 Å². The maximum atomic E-state index is 12.2. The van der Waals surface area contributed by atoms with E-state index < -0.39 is 0 Å². The van der Waals surface area contributed by atoms with Gasteiger partial charge in [0.15, 0.2) is 0 Å². The number of rotatable bonds is 5. The fourth-order valence-electron chi connectivity index (χ4n) is 2.83. The van der Waals surface area contributed by atoms with Crippen molar-refractivity contribution in [3.8, 4) is 0 Å². The second-order valence-corrected chi connectivity index (χ2v) is 6.14. The lowest BCUT2D eigenvalue weighted by molar-refractivity contribution is -0.120. The maximum Gasteiger partial charge on any atom is 0.230 e. The van der Waals surface area contributed by atoms with Crippen LogP contribution in [0.2, 0.25) is 0 Å². The lowest BCUT2D eigenvalue weighted by atomic mass is 10.1. The van der Waals surface area contributed by atoms with E-state index in [1.165, 1.54) is 6.92 Å². The summed E-state index contributed by atoms with van der Waals surface area (Å²) in [7, 11) is 0. The molecule has 23 heavy (non-hydrogen) atoms. The van der Waals surface area contributed by atoms with Crippen LogP contribution in [0.4, 0.5) is 11.4 Å². The molecular formula is C17H21N3O3. The van der Waals surface area contributed by atoms with Gasteiger partial charge in [-0.05, 0) is 43.0 Å². The van der Waals surface area contributed by atoms with Gasteiger partial charge in [-0.2, -0.15) is 0 Å². The van der Waals surface area contributed by atoms with Gasteiger partial charge in [0.25, 0.3) is 0 Å². The van der Waals surface area contributed by atoms with E-state index in [0.717, 1.165) is 42.7 Å². The highest BCUT2D eigenvalue weighted by Gasteiger charge is 2.36. The molecule has 1 aliphatic heterocycles. The van der Waals surface area contributed by atoms with Gasteiger partial charge >= 0.3 is 0 Å². The topological polar surface area (TPSA) is 78.5 Å². The van der Waals surface area contributed by atoms with Crippen LogP contribution < -0.4 is 15.5 Å². The van der Waals surface area contributed by atoms with E-state index in [0.29, 0.717) is 6.54 Å². The van der Waals surface area contributed by atoms with Crippen LogP contribution in [0.25, 0.3) is 0 Å². The average Bonchev–Trinajstić information content (AvgIpc) is 3.26. The molecule has 0 saturated heterocycles. The number of hydrogen-bond acceptors (Lipinski definition) is 3. The second-order valence-electron chi connectivity index (χ2n) is 6.14. The number of carbonyl (C=O) groups is 3. The van der Waals surface area contributed by atoms with Crippen molar-refractivity contribution in [3.05, 3.63) is 23.8 Å². The van der Waals surface area contributed by atoms with Gasteiger partial charge in [0.1, 0.15) is 0 Å². The van der Waals surface area contributed by atoms with Crippen molar-refractivity contribution in [2.75, 3.05) is 23.3 Å². The summed E-state index contributed by atoms with van der Waals surface area (Å²) in [6.07, 6.45) is 3.08. The Balaban J connectivity index is 1.59. The third-order valence-corrected chi connectivity index (χ3v) is 4.18. The van der Waals surface area contributed by atoms with Crippen molar-refractivity contribution in [3.63, 3.8) is 0 Å². The molecule has 6 nitrogen and oxygen atoms in total. The molecule has 0 unspecified atom stereocenters. The van der Waals surface area contributed by atoms with Crippen molar-refractivity contribution in [2.24, 2.45) is 5.92 Å². The van der Waals surface area contributed by atoms with Crippen LogP contribution in [0.5, 0.6) is 0 Å². The molecule has 0 bridgehead atoms. The first-order chi connectivity index (χ1) is 11.0. The number of fused-ring (bicyclic) bond motifs is 1. The number of carbonyl (C=O) groups excluding carboxylic acids is 3. The van der Waals surface area contributed by atoms with Gasteiger partial charge in [-0.25, -0.2) is 0 Å². The first-order valence-electron chi connectivity index (χ1n) is 8.03. The van der Waals surface area contributed by atoms with Gasteiger partial charge in [-0.3, -0.25) is 14.4 Å². The van der Waals surface area contributed by atoms with Crippen molar-refractivity contribution >= 4 is 29.1 Å². The molecule has 0 radical (unpaired) electrons. The minimum Gasteiger partial charge on any atom is -0.356 e. The molecule has 3 rings (SSSR count). The first-order valence-corrected chi connectivity index (χ1v) is 8.03. The lowest BCUT2D eigenvalue weighted by Gasteiger charge is -2.17. The number of nitrogens with one attached hydrogen (secondary N) is 2. The number of benzene rings is 1. The largest absolute Gasteiger partial charge is 0.356 e. The van der Waals surface area contributed by atoms with Gasteiger partial charge < -0.3 is 15.5 Å². The molecule has 1 aromatic carbocycles. The summed E-state index contributed by atoms with van der Waals surface area (Å²) in [4.78, 5) is 36.7. The number of nitrogens with zero attached hydrogens (tertiary/aromatic N) is 1. The minimum absolute atomic E-state index is 0.136. The Morgan fingerprint density at radius 1 is 1.26 bits per heavy atom. The Morgan fingerprint density at radius 3 is 2.74 bits per heavy atom. The van der Waals surface area contributed by atoms with E-state index in [4.69, 9.17) is 0 Å². The van der Waals surface area contributed by atoms with Crippen molar-refractivity contribution in [2.45, 2.75) is 32.6 Å². The number of amides is 3. The zero-order chi connectivity index (χ0) is 16.4. The highest BCUT2D eigenvalue weighted by Crippen LogP contribution is 2.37. The molecule has 1 aromatic rings. The molecule has 1 heterocycles. The summed E-state index contributed by atoms with van der Waals surface area (Å²) < 4.78 is 0. The number of hydrogen-bond donors (Lipinski definition) is 2. The molecule has 0 spiro atoms. The molecule has 1 saturated carbocycles. The Morgan fingerprint density at radius 2 is 2.04 bits per heavy atom. The molecule has 122 valence electrons. The third-order valence-electron chi connectivity index (χ3n) is 4.18. The van der Waals surface area contributed by atoms with Crippen LogP contribution in [0, 0.1) is 5.92 Å². The monoisotopic (exact) mass is 315 g/mol. The molecule has 0 aromatic heterocycles. The molecule has 1 aliphatic carbocycles. The van der Waals surface area contributed by atoms with Gasteiger partial charge in [0.05, 0.1) is 0 Å². The van der Waals surface area contributed by atoms with Crippen LogP contribution >= 0.6 is 0 Å². The molecule has 2 N–H and O–H groups in total. The maximum absolute atomic E-state index is 12.2. The fraction of sp³-hybridized carbons (Fsp3) is 0.471. The summed E-state index contributed by atoms with van der Waals surface area (Å²) in [6, 6.07) is 5.67. The van der Waals surface area contributed by atoms with Crippen LogP contribution in [0.1, 0.15) is 31.7 Å². The van der Waals surface area contributed by atoms with Crippen molar-refractivity contribution in [1.29, 1.82) is 0 Å². The lowest BCUT2D eigenvalue weighted by Crippen LogP contribution is -2.30. The van der Waals surface area contributed by atoms with Gasteiger partial charge in [-0.1, -0.05) is 0 Å². The van der Waals surface area contributed by atoms with E-state index in [-0.39, 0.29) is 30.1 Å². The average molecular weight is 315 g/mol. The van der Waals surface area contributed by atoms with Crippen molar-refractivity contribution in [1.82, 2.24) is 5.32 Å². The molecule has 6 heteroatoms. The normalized spacial score (nSPS) is 16.0. The van der Waals surface area contributed by atoms with E-state index in [1.54, 1.807) is 0 Å². The number of anilines is 2. The summed E-state index contributed by atoms with van der Waals surface area (Å²) >= 11 is 0. The molecular weight excluding hydrogens is 294 g/mol. The summed E-state index contributed by atoms with van der Waals surface area (Å²) in [6.45, 7) is 2.48. The van der Waals surface area contributed by atoms with E-state index >= 15 is 0 Å². The summed E-state index contributed by atoms with van der Waals surface area (Å²) in [5.41, 5.74) is 2.80. The van der Waals surface area contributed by atoms with Gasteiger partial charge in [-0.15, -0.1) is 0 Å². The van der Waals surface area contributed by atoms with Crippen LogP contribution in [-0.2, 0) is 20.8 Å². The zero-order valence-electron chi connectivity index (χ0n) is 13.2. The highest BCUT2D eigenvalue weighted by molar-refractivity contribution is 5.99. The van der Waals surface area contributed by atoms with Crippen molar-refractivity contribution < 1.29 is 14.4 Å². The molecule has 0 atom stereocenters. The minimum atomic E-state index is -0.143. The molecule has 2 aliphatic rings. The van der Waals surface area contributed by atoms with Crippen LogP contribution in [0.3, 0.4) is 0 Å². The molecule has 3 amide bonds. The Kier molecular flexibility index (Phi) is 4.32. The Labute approximate surface area is 135 Å². The van der Waals surface area contributed by atoms with Gasteiger partial charge in [0.2, 0.25) is 17.7 Å². The second kappa shape index (κ2) is 6.40. The van der Waals surface area contributed by atoms with Crippen LogP contribution in [-0.4, -0.2) is 30.8 Å². The van der Waals surface area contributed by atoms with E-state index in [9.17, 15) is 14.4 Å². The quantitative estimate of drug-likeness (QED) is 0.863. The Bertz CT molecular complexity index is 652. The van der Waals surface area contributed by atoms with Crippen LogP contribution in [0.15, 0.2) is 18.2 Å². The predicted molar refractivity (Wildman–Crippen MR) is 87.2 cm³/mol. The third kappa shape index (κ3) is 3.70. The Hall–Kier alpha value is -2.37. The fourth-order valence-corrected chi connectivity index (χ4v) is 2.83.